The Labute approximate surface area is 258 Å². The fourth-order valence-electron chi connectivity index (χ4n) is 3.41. The molecule has 0 heterocycles. The Morgan fingerprint density at radius 1 is 1.11 bits per heavy atom. The number of thioether (sulfide) groups is 1. The Hall–Kier alpha value is -4.70. The summed E-state index contributed by atoms with van der Waals surface area (Å²) in [5, 5.41) is 26.1. The molecule has 0 aromatic heterocycles. The molecule has 3 N–H and O–H groups in total. The second-order valence-corrected chi connectivity index (χ2v) is 10.2. The SMILES string of the molecule is C=C(CF)/C(=C\C=C(\F)CC)c1ccc(OC(C)=O)c(C(=O)SCC(NC(C)=O)C([O-])=C(C)C#CC(NC(C)=O)C(=O)O)c1. The van der Waals surface area contributed by atoms with Gasteiger partial charge in [-0.2, -0.15) is 0 Å². The number of ether oxygens (including phenoxy) is 1. The normalized spacial score (nSPS) is 13.3. The van der Waals surface area contributed by atoms with Crippen molar-refractivity contribution in [3.05, 3.63) is 70.8 Å². The number of carboxylic acid groups (broad SMARTS) is 1. The van der Waals surface area contributed by atoms with Crippen molar-refractivity contribution in [2.45, 2.75) is 53.1 Å². The molecule has 2 atom stereocenters. The number of hydrogen-bond acceptors (Lipinski definition) is 8. The van der Waals surface area contributed by atoms with Crippen LogP contribution in [0.25, 0.3) is 5.57 Å². The largest absolute Gasteiger partial charge is 0.873 e. The van der Waals surface area contributed by atoms with Crippen molar-refractivity contribution in [3.8, 4) is 17.6 Å². The monoisotopic (exact) mass is 631 g/mol. The minimum atomic E-state index is -1.58. The predicted molar refractivity (Wildman–Crippen MR) is 160 cm³/mol. The van der Waals surface area contributed by atoms with E-state index in [1.807, 2.05) is 0 Å². The summed E-state index contributed by atoms with van der Waals surface area (Å²) in [6.07, 6.45) is 2.56. The molecule has 0 aliphatic heterocycles. The molecule has 10 nitrogen and oxygen atoms in total. The van der Waals surface area contributed by atoms with E-state index in [0.29, 0.717) is 11.8 Å². The first-order chi connectivity index (χ1) is 20.6. The highest BCUT2D eigenvalue weighted by Crippen LogP contribution is 2.31. The van der Waals surface area contributed by atoms with Crippen LogP contribution >= 0.6 is 11.8 Å². The lowest BCUT2D eigenvalue weighted by molar-refractivity contribution is -0.310. The number of halogens is 2. The number of alkyl halides is 1. The first kappa shape index (κ1) is 37.3. The van der Waals surface area contributed by atoms with Crippen LogP contribution in [0.1, 0.15) is 57.0 Å². The van der Waals surface area contributed by atoms with Crippen molar-refractivity contribution in [1.29, 1.82) is 0 Å². The summed E-state index contributed by atoms with van der Waals surface area (Å²) in [4.78, 5) is 59.4. The number of allylic oxidation sites excluding steroid dienone is 6. The minimum absolute atomic E-state index is 0.00326. The van der Waals surface area contributed by atoms with E-state index in [1.54, 1.807) is 6.92 Å². The Morgan fingerprint density at radius 3 is 2.27 bits per heavy atom. The molecule has 0 saturated heterocycles. The molecule has 0 radical (unpaired) electrons. The van der Waals surface area contributed by atoms with Gasteiger partial charge in [-0.1, -0.05) is 55.0 Å². The van der Waals surface area contributed by atoms with Gasteiger partial charge in [0.2, 0.25) is 16.9 Å². The molecule has 1 aromatic rings. The number of amides is 2. The molecule has 2 unspecified atom stereocenters. The number of aliphatic carboxylic acids is 1. The molecule has 0 spiro atoms. The van der Waals surface area contributed by atoms with Crippen LogP contribution in [-0.4, -0.2) is 58.5 Å². The van der Waals surface area contributed by atoms with E-state index >= 15 is 0 Å². The number of carbonyl (C=O) groups excluding carboxylic acids is 4. The lowest BCUT2D eigenvalue weighted by Gasteiger charge is -2.26. The molecule has 0 fully saturated rings. The van der Waals surface area contributed by atoms with E-state index < -0.39 is 59.2 Å². The van der Waals surface area contributed by atoms with Gasteiger partial charge in [0.1, 0.15) is 12.4 Å². The number of esters is 1. The Kier molecular flexibility index (Phi) is 15.3. The lowest BCUT2D eigenvalue weighted by atomic mass is 9.97. The van der Waals surface area contributed by atoms with Crippen molar-refractivity contribution >= 4 is 46.2 Å². The van der Waals surface area contributed by atoms with Crippen LogP contribution < -0.4 is 20.5 Å². The summed E-state index contributed by atoms with van der Waals surface area (Å²) in [6.45, 7) is 8.94. The van der Waals surface area contributed by atoms with E-state index in [1.165, 1.54) is 31.2 Å². The van der Waals surface area contributed by atoms with Gasteiger partial charge in [-0.05, 0) is 53.8 Å². The third-order valence-electron chi connectivity index (χ3n) is 5.52. The van der Waals surface area contributed by atoms with Crippen LogP contribution in [0.3, 0.4) is 0 Å². The number of rotatable bonds is 13. The summed E-state index contributed by atoms with van der Waals surface area (Å²) in [6, 6.07) is 1.20. The van der Waals surface area contributed by atoms with Crippen molar-refractivity contribution < 1.29 is 47.7 Å². The maximum Gasteiger partial charge on any atom is 0.338 e. The lowest BCUT2D eigenvalue weighted by Crippen LogP contribution is -2.41. The summed E-state index contributed by atoms with van der Waals surface area (Å²) in [5.74, 6) is -0.428. The molecule has 1 aromatic carbocycles. The van der Waals surface area contributed by atoms with Crippen molar-refractivity contribution in [1.82, 2.24) is 10.6 Å². The van der Waals surface area contributed by atoms with Gasteiger partial charge >= 0.3 is 11.9 Å². The maximum atomic E-state index is 13.8. The molecular formula is C31H33F2N2O8S-. The molecule has 0 saturated carbocycles. The van der Waals surface area contributed by atoms with E-state index in [0.717, 1.165) is 26.8 Å². The summed E-state index contributed by atoms with van der Waals surface area (Å²) < 4.78 is 32.6. The molecule has 236 valence electrons. The molecule has 0 bridgehead atoms. The first-order valence-electron chi connectivity index (χ1n) is 13.1. The van der Waals surface area contributed by atoms with E-state index in [9.17, 15) is 43.0 Å². The van der Waals surface area contributed by atoms with E-state index in [4.69, 9.17) is 4.74 Å². The Balaban J connectivity index is 3.50. The molecule has 0 aliphatic carbocycles. The summed E-state index contributed by atoms with van der Waals surface area (Å²) >= 11 is 0.594. The summed E-state index contributed by atoms with van der Waals surface area (Å²) in [5.41, 5.74) is 0.188. The number of carboxylic acids is 1. The van der Waals surface area contributed by atoms with Crippen LogP contribution in [0.4, 0.5) is 8.78 Å². The summed E-state index contributed by atoms with van der Waals surface area (Å²) in [7, 11) is 0. The maximum absolute atomic E-state index is 13.8. The average Bonchev–Trinajstić information content (AvgIpc) is 2.95. The highest BCUT2D eigenvalue weighted by Gasteiger charge is 2.21. The number of nitrogens with one attached hydrogen (secondary N) is 2. The molecule has 44 heavy (non-hydrogen) atoms. The Morgan fingerprint density at radius 2 is 1.75 bits per heavy atom. The highest BCUT2D eigenvalue weighted by molar-refractivity contribution is 8.14. The predicted octanol–water partition coefficient (Wildman–Crippen LogP) is 3.39. The van der Waals surface area contributed by atoms with Gasteiger partial charge in [0.25, 0.3) is 0 Å². The van der Waals surface area contributed by atoms with Crippen LogP contribution in [0.5, 0.6) is 5.75 Å². The second-order valence-electron chi connectivity index (χ2n) is 9.17. The van der Waals surface area contributed by atoms with Crippen molar-refractivity contribution in [3.63, 3.8) is 0 Å². The van der Waals surface area contributed by atoms with E-state index in [2.05, 4.69) is 29.1 Å². The van der Waals surface area contributed by atoms with Gasteiger partial charge in [0.05, 0.1) is 17.4 Å². The van der Waals surface area contributed by atoms with Crippen LogP contribution in [-0.2, 0) is 19.2 Å². The molecule has 0 aliphatic rings. The molecule has 13 heteroatoms. The fraction of sp³-hybridized carbons (Fsp3) is 0.323. The standard InChI is InChI=1S/C31H34F2N2O8S/c1-7-23(33)10-11-24(18(3)15-32)22-9-13-28(43-21(6)38)25(14-22)31(42)44-16-27(35-20(5)37)29(39)17(2)8-12-26(30(40)41)34-19(4)36/h9-11,13-14,26-27,39H,3,7,15-16H2,1-2,4-6H3,(H,34,36)(H,35,37)(H,40,41)/p-1/b23-10+,24-11+,29-17?. The first-order valence-corrected chi connectivity index (χ1v) is 14.1. The third-order valence-corrected chi connectivity index (χ3v) is 6.50. The zero-order chi connectivity index (χ0) is 33.6. The van der Waals surface area contributed by atoms with Crippen LogP contribution in [0, 0.1) is 11.8 Å². The van der Waals surface area contributed by atoms with Crippen LogP contribution in [0.15, 0.2) is 59.7 Å². The zero-order valence-electron chi connectivity index (χ0n) is 24.8. The smallest absolute Gasteiger partial charge is 0.338 e. The minimum Gasteiger partial charge on any atom is -0.873 e. The molecular weight excluding hydrogens is 598 g/mol. The number of hydrogen-bond donors (Lipinski definition) is 3. The van der Waals surface area contributed by atoms with Gasteiger partial charge in [-0.3, -0.25) is 19.2 Å². The average molecular weight is 632 g/mol. The quantitative estimate of drug-likeness (QED) is 0.0974. The fourth-order valence-corrected chi connectivity index (χ4v) is 4.28. The third kappa shape index (κ3) is 12.3. The highest BCUT2D eigenvalue weighted by atomic mass is 32.2. The zero-order valence-corrected chi connectivity index (χ0v) is 25.7. The van der Waals surface area contributed by atoms with Crippen molar-refractivity contribution in [2.75, 3.05) is 12.4 Å². The van der Waals surface area contributed by atoms with Gasteiger partial charge in [0.15, 0.2) is 6.04 Å². The second kappa shape index (κ2) is 18.1. The van der Waals surface area contributed by atoms with Gasteiger partial charge in [-0.25, -0.2) is 13.6 Å². The van der Waals surface area contributed by atoms with Gasteiger partial charge in [-0.15, -0.1) is 0 Å². The number of carbonyl (C=O) groups is 5. The molecule has 1 rings (SSSR count). The number of benzene rings is 1. The Bertz CT molecular complexity index is 1470. The van der Waals surface area contributed by atoms with Gasteiger partial charge in [0, 0.05) is 26.5 Å². The topological polar surface area (TPSA) is 162 Å². The molecule has 2 amide bonds. The van der Waals surface area contributed by atoms with E-state index in [-0.39, 0.29) is 45.8 Å². The van der Waals surface area contributed by atoms with Crippen LogP contribution in [0.2, 0.25) is 0 Å². The van der Waals surface area contributed by atoms with Crippen molar-refractivity contribution in [2.24, 2.45) is 0 Å². The van der Waals surface area contributed by atoms with Gasteiger partial charge < -0.3 is 25.6 Å².